The molecule has 0 aromatic rings. The maximum absolute atomic E-state index is 10.1. The summed E-state index contributed by atoms with van der Waals surface area (Å²) in [6, 6.07) is 0. The van der Waals surface area contributed by atoms with Gasteiger partial charge in [0.05, 0.1) is 6.54 Å². The molecule has 12 heavy (non-hydrogen) atoms. The Morgan fingerprint density at radius 1 is 1.33 bits per heavy atom. The molecule has 0 saturated carbocycles. The van der Waals surface area contributed by atoms with E-state index in [2.05, 4.69) is 4.74 Å². The van der Waals surface area contributed by atoms with Crippen molar-refractivity contribution in [1.82, 2.24) is 4.90 Å². The Morgan fingerprint density at radius 3 is 1.75 bits per heavy atom. The molecule has 1 N–H and O–H groups in total. The zero-order chi connectivity index (χ0) is 9.98. The Balaban J connectivity index is 0. The van der Waals surface area contributed by atoms with Gasteiger partial charge in [-0.25, -0.2) is 0 Å². The Bertz CT molecular complexity index is 102. The van der Waals surface area contributed by atoms with Crippen molar-refractivity contribution < 1.29 is 14.6 Å². The molecule has 0 unspecified atom stereocenters. The summed E-state index contributed by atoms with van der Waals surface area (Å²) in [6.07, 6.45) is 0. The van der Waals surface area contributed by atoms with Crippen LogP contribution < -0.4 is 0 Å². The van der Waals surface area contributed by atoms with E-state index in [0.29, 0.717) is 0 Å². The monoisotopic (exact) mass is 177 g/mol. The first-order valence-electron chi connectivity index (χ1n) is 3.96. The van der Waals surface area contributed by atoms with Gasteiger partial charge >= 0.3 is 5.97 Å². The molecule has 0 spiro atoms. The van der Waals surface area contributed by atoms with Gasteiger partial charge in [0.2, 0.25) is 0 Å². The Hall–Kier alpha value is -0.610. The number of hydrogen-bond acceptors (Lipinski definition) is 3. The van der Waals surface area contributed by atoms with Crippen LogP contribution in [0.25, 0.3) is 0 Å². The molecule has 0 rings (SSSR count). The van der Waals surface area contributed by atoms with Crippen LogP contribution in [0, 0.1) is 0 Å². The predicted octanol–water partition coefficient (Wildman–Crippen LogP) is 0.675. The normalized spacial score (nSPS) is 9.08. The molecule has 0 aliphatic heterocycles. The summed E-state index contributed by atoms with van der Waals surface area (Å²) in [5.74, 6) is -0.751. The summed E-state index contributed by atoms with van der Waals surface area (Å²) in [6.45, 7) is 5.68. The van der Waals surface area contributed by atoms with Gasteiger partial charge in [-0.2, -0.15) is 0 Å². The Morgan fingerprint density at radius 2 is 1.67 bits per heavy atom. The van der Waals surface area contributed by atoms with E-state index in [1.54, 1.807) is 14.2 Å². The number of carboxylic acids is 1. The van der Waals surface area contributed by atoms with Crippen molar-refractivity contribution in [3.8, 4) is 0 Å². The van der Waals surface area contributed by atoms with Crippen molar-refractivity contribution in [2.45, 2.75) is 13.8 Å². The second kappa shape index (κ2) is 10.4. The van der Waals surface area contributed by atoms with Crippen molar-refractivity contribution in [2.24, 2.45) is 0 Å². The van der Waals surface area contributed by atoms with Gasteiger partial charge in [-0.05, 0) is 13.1 Å². The minimum atomic E-state index is -0.751. The van der Waals surface area contributed by atoms with Gasteiger partial charge in [-0.1, -0.05) is 13.8 Å². The second-order valence-corrected chi connectivity index (χ2v) is 2.26. The number of rotatable bonds is 4. The minimum Gasteiger partial charge on any atom is -0.480 e. The zero-order valence-corrected chi connectivity index (χ0v) is 8.33. The van der Waals surface area contributed by atoms with Crippen LogP contribution in [0.5, 0.6) is 0 Å². The van der Waals surface area contributed by atoms with E-state index in [1.807, 2.05) is 18.7 Å². The quantitative estimate of drug-likeness (QED) is 0.686. The first kappa shape index (κ1) is 13.9. The number of methoxy groups -OCH3 is 1. The standard InChI is InChI=1S/C6H13NO2.C2H6O/c1-3-7(4-2)5-6(8)9;1-3-2/h3-5H2,1-2H3,(H,8,9);1-2H3. The molecule has 0 atom stereocenters. The van der Waals surface area contributed by atoms with Crippen molar-refractivity contribution in [3.63, 3.8) is 0 Å². The predicted molar refractivity (Wildman–Crippen MR) is 48.4 cm³/mol. The van der Waals surface area contributed by atoms with Crippen molar-refractivity contribution in [3.05, 3.63) is 0 Å². The summed E-state index contributed by atoms with van der Waals surface area (Å²) < 4.78 is 4.25. The molecular weight excluding hydrogens is 158 g/mol. The highest BCUT2D eigenvalue weighted by Gasteiger charge is 2.02. The fourth-order valence-corrected chi connectivity index (χ4v) is 0.639. The van der Waals surface area contributed by atoms with Gasteiger partial charge in [0.25, 0.3) is 0 Å². The van der Waals surface area contributed by atoms with Crippen LogP contribution in [0.1, 0.15) is 13.8 Å². The maximum Gasteiger partial charge on any atom is 0.317 e. The van der Waals surface area contributed by atoms with Gasteiger partial charge in [0.1, 0.15) is 0 Å². The number of carbonyl (C=O) groups is 1. The van der Waals surface area contributed by atoms with E-state index < -0.39 is 5.97 Å². The zero-order valence-electron chi connectivity index (χ0n) is 8.33. The third kappa shape index (κ3) is 12.1. The van der Waals surface area contributed by atoms with E-state index in [0.717, 1.165) is 13.1 Å². The van der Waals surface area contributed by atoms with Crippen LogP contribution in [0.15, 0.2) is 0 Å². The largest absolute Gasteiger partial charge is 0.480 e. The first-order valence-corrected chi connectivity index (χ1v) is 3.96. The lowest BCUT2D eigenvalue weighted by atomic mass is 10.5. The average Bonchev–Trinajstić information content (AvgIpc) is 2.01. The molecule has 0 saturated heterocycles. The van der Waals surface area contributed by atoms with Crippen LogP contribution in [0.3, 0.4) is 0 Å². The molecule has 0 aromatic carbocycles. The molecule has 0 aliphatic rings. The van der Waals surface area contributed by atoms with Gasteiger partial charge in [-0.15, -0.1) is 0 Å². The average molecular weight is 177 g/mol. The van der Waals surface area contributed by atoms with Gasteiger partial charge < -0.3 is 9.84 Å². The third-order valence-corrected chi connectivity index (χ3v) is 1.25. The maximum atomic E-state index is 10.1. The number of nitrogens with zero attached hydrogens (tertiary/aromatic N) is 1. The Labute approximate surface area is 74.1 Å². The number of hydrogen-bond donors (Lipinski definition) is 1. The molecule has 0 aromatic heterocycles. The highest BCUT2D eigenvalue weighted by atomic mass is 16.4. The van der Waals surface area contributed by atoms with Crippen molar-refractivity contribution >= 4 is 5.97 Å². The third-order valence-electron chi connectivity index (χ3n) is 1.25. The molecule has 0 heterocycles. The van der Waals surface area contributed by atoms with Crippen LogP contribution in [0.2, 0.25) is 0 Å². The van der Waals surface area contributed by atoms with Crippen molar-refractivity contribution in [1.29, 1.82) is 0 Å². The van der Waals surface area contributed by atoms with Crippen LogP contribution in [0.4, 0.5) is 0 Å². The topological polar surface area (TPSA) is 49.8 Å². The number of ether oxygens (including phenoxy) is 1. The van der Waals surface area contributed by atoms with Crippen LogP contribution in [-0.4, -0.2) is 49.8 Å². The fourth-order valence-electron chi connectivity index (χ4n) is 0.639. The van der Waals surface area contributed by atoms with E-state index >= 15 is 0 Å². The number of carboxylic acid groups (broad SMARTS) is 1. The number of aliphatic carboxylic acids is 1. The summed E-state index contributed by atoms with van der Waals surface area (Å²) in [7, 11) is 3.25. The summed E-state index contributed by atoms with van der Waals surface area (Å²) in [5.41, 5.74) is 0. The van der Waals surface area contributed by atoms with Crippen LogP contribution >= 0.6 is 0 Å². The molecule has 0 radical (unpaired) electrons. The smallest absolute Gasteiger partial charge is 0.317 e. The van der Waals surface area contributed by atoms with E-state index in [4.69, 9.17) is 5.11 Å². The first-order chi connectivity index (χ1) is 5.62. The van der Waals surface area contributed by atoms with Gasteiger partial charge in [0.15, 0.2) is 0 Å². The summed E-state index contributed by atoms with van der Waals surface area (Å²) >= 11 is 0. The molecule has 0 fully saturated rings. The molecule has 0 bridgehead atoms. The second-order valence-electron chi connectivity index (χ2n) is 2.26. The molecular formula is C8H19NO3. The molecule has 4 nitrogen and oxygen atoms in total. The summed E-state index contributed by atoms with van der Waals surface area (Å²) in [4.78, 5) is 11.9. The lowest BCUT2D eigenvalue weighted by Gasteiger charge is -2.13. The molecule has 4 heteroatoms. The van der Waals surface area contributed by atoms with E-state index in [1.165, 1.54) is 0 Å². The Kier molecular flexibility index (Phi) is 12.1. The minimum absolute atomic E-state index is 0.160. The number of likely N-dealkylation sites (N-methyl/N-ethyl adjacent to an activating group) is 1. The molecule has 0 aliphatic carbocycles. The van der Waals surface area contributed by atoms with E-state index in [9.17, 15) is 4.79 Å². The van der Waals surface area contributed by atoms with Crippen molar-refractivity contribution in [2.75, 3.05) is 33.9 Å². The van der Waals surface area contributed by atoms with Gasteiger partial charge in [0, 0.05) is 14.2 Å². The molecule has 74 valence electrons. The highest BCUT2D eigenvalue weighted by Crippen LogP contribution is 1.84. The summed E-state index contributed by atoms with van der Waals surface area (Å²) in [5, 5.41) is 8.30. The SMILES string of the molecule is CCN(CC)CC(=O)O.COC. The van der Waals surface area contributed by atoms with Gasteiger partial charge in [-0.3, -0.25) is 9.69 Å². The fraction of sp³-hybridized carbons (Fsp3) is 0.875. The highest BCUT2D eigenvalue weighted by molar-refractivity contribution is 5.69. The van der Waals surface area contributed by atoms with Crippen LogP contribution in [-0.2, 0) is 9.53 Å². The van der Waals surface area contributed by atoms with E-state index in [-0.39, 0.29) is 6.54 Å². The molecule has 0 amide bonds. The lowest BCUT2D eigenvalue weighted by molar-refractivity contribution is -0.138. The lowest BCUT2D eigenvalue weighted by Crippen LogP contribution is -2.29.